The maximum absolute atomic E-state index is 14.5. The van der Waals surface area contributed by atoms with Gasteiger partial charge in [-0.25, -0.2) is 23.4 Å². The lowest BCUT2D eigenvalue weighted by atomic mass is 10.0. The Bertz CT molecular complexity index is 2150. The van der Waals surface area contributed by atoms with Crippen molar-refractivity contribution in [1.82, 2.24) is 40.2 Å². The van der Waals surface area contributed by atoms with E-state index in [1.54, 1.807) is 19.1 Å². The molecule has 3 aromatic rings. The minimum atomic E-state index is -4.97. The fourth-order valence-corrected chi connectivity index (χ4v) is 8.36. The minimum absolute atomic E-state index is 0.0204. The van der Waals surface area contributed by atoms with Crippen LogP contribution in [0.25, 0.3) is 11.0 Å². The van der Waals surface area contributed by atoms with E-state index in [0.717, 1.165) is 4.90 Å². The van der Waals surface area contributed by atoms with Gasteiger partial charge < -0.3 is 20.3 Å². The highest BCUT2D eigenvalue weighted by atomic mass is 32.2. The van der Waals surface area contributed by atoms with Gasteiger partial charge in [-0.2, -0.15) is 13.2 Å². The molecule has 0 bridgehead atoms. The van der Waals surface area contributed by atoms with E-state index in [1.165, 1.54) is 30.6 Å². The maximum atomic E-state index is 14.5. The van der Waals surface area contributed by atoms with E-state index in [4.69, 9.17) is 4.74 Å². The molecule has 0 unspecified atom stereocenters. The summed E-state index contributed by atoms with van der Waals surface area (Å²) in [5.41, 5.74) is -2.44. The molecule has 5 atom stereocenters. The first-order valence-corrected chi connectivity index (χ1v) is 19.6. The number of alkyl halides is 3. The number of sulfonamides is 1. The number of nitrogens with one attached hydrogen (secondary N) is 3. The van der Waals surface area contributed by atoms with Crippen molar-refractivity contribution in [3.05, 3.63) is 65.9 Å². The van der Waals surface area contributed by atoms with Gasteiger partial charge in [0, 0.05) is 18.5 Å². The summed E-state index contributed by atoms with van der Waals surface area (Å²) < 4.78 is 76.3. The second-order valence-corrected chi connectivity index (χ2v) is 16.4. The molecule has 1 aromatic carbocycles. The van der Waals surface area contributed by atoms with Crippen LogP contribution in [0, 0.1) is 12.8 Å². The third-order valence-corrected chi connectivity index (χ3v) is 12.1. The molecule has 2 aromatic heterocycles. The highest BCUT2D eigenvalue weighted by Crippen LogP contribution is 2.46. The van der Waals surface area contributed by atoms with Crippen molar-refractivity contribution >= 4 is 44.7 Å². The predicted octanol–water partition coefficient (Wildman–Crippen LogP) is 2.90. The van der Waals surface area contributed by atoms with Crippen LogP contribution >= 0.6 is 0 Å². The fourth-order valence-electron chi connectivity index (χ4n) is 7.00. The largest absolute Gasteiger partial charge is 0.471 e. The van der Waals surface area contributed by atoms with Crippen LogP contribution in [0.4, 0.5) is 13.2 Å². The highest BCUT2D eigenvalue weighted by Gasteiger charge is 2.62. The summed E-state index contributed by atoms with van der Waals surface area (Å²) in [6, 6.07) is 3.33. The standard InChI is InChI=1S/C36H39F3N8O7S/c1-20-17-41-27(18-40-20)30(48)43-26-12-6-4-2-3-5-9-21-16-35(21,34(51)46-55(52,53)23-13-14-23)45-31(49)28-15-22(19-47(28)33(26)50)54-32-29(36(37,38)39)42-24-10-7-8-11-25(24)44-32/h5,7-11,17-18,21-23,26,28H,2-4,6,12-16,19H2,1H3,(H,43,48)(H,45,49)(H,46,51)/t21-,22-,26+,28+,35-/m1/s1. The second-order valence-electron chi connectivity index (χ2n) is 14.4. The first-order valence-electron chi connectivity index (χ1n) is 18.1. The molecule has 0 radical (unpaired) electrons. The average Bonchev–Trinajstić information content (AvgIpc) is 4.06. The summed E-state index contributed by atoms with van der Waals surface area (Å²) in [7, 11) is -3.99. The molecule has 0 spiro atoms. The van der Waals surface area contributed by atoms with Crippen molar-refractivity contribution in [1.29, 1.82) is 0 Å². The predicted molar refractivity (Wildman–Crippen MR) is 188 cm³/mol. The number of para-hydroxylation sites is 2. The molecule has 15 nitrogen and oxygen atoms in total. The number of aryl methyl sites for hydroxylation is 1. The van der Waals surface area contributed by atoms with Crippen molar-refractivity contribution in [2.24, 2.45) is 5.92 Å². The van der Waals surface area contributed by atoms with Gasteiger partial charge in [0.25, 0.3) is 11.8 Å². The second kappa shape index (κ2) is 14.8. The van der Waals surface area contributed by atoms with E-state index in [0.29, 0.717) is 44.2 Å². The molecule has 3 N–H and O–H groups in total. The summed E-state index contributed by atoms with van der Waals surface area (Å²) in [6.07, 6.45) is 3.24. The van der Waals surface area contributed by atoms with Crippen LogP contribution in [0.15, 0.2) is 48.8 Å². The number of carbonyl (C=O) groups is 4. The number of halogens is 3. The maximum Gasteiger partial charge on any atom is 0.438 e. The van der Waals surface area contributed by atoms with Crippen molar-refractivity contribution in [2.45, 2.75) is 99.9 Å². The van der Waals surface area contributed by atoms with Crippen molar-refractivity contribution in [3.63, 3.8) is 0 Å². The summed E-state index contributed by atoms with van der Waals surface area (Å²) in [5.74, 6) is -4.58. The molecule has 4 amide bonds. The third kappa shape index (κ3) is 8.25. The zero-order valence-electron chi connectivity index (χ0n) is 29.7. The number of rotatable bonds is 7. The lowest BCUT2D eigenvalue weighted by Gasteiger charge is -2.29. The summed E-state index contributed by atoms with van der Waals surface area (Å²) >= 11 is 0. The van der Waals surface area contributed by atoms with Gasteiger partial charge >= 0.3 is 6.18 Å². The van der Waals surface area contributed by atoms with Gasteiger partial charge in [-0.05, 0) is 57.6 Å². The van der Waals surface area contributed by atoms with Gasteiger partial charge in [0.15, 0.2) is 0 Å². The van der Waals surface area contributed by atoms with Crippen LogP contribution in [0.5, 0.6) is 5.88 Å². The number of benzene rings is 1. The number of nitrogens with zero attached hydrogens (tertiary/aromatic N) is 5. The lowest BCUT2D eigenvalue weighted by molar-refractivity contribution is -0.143. The fraction of sp³-hybridized carbons (Fsp3) is 0.500. The number of fused-ring (bicyclic) bond motifs is 3. The van der Waals surface area contributed by atoms with E-state index in [-0.39, 0.29) is 36.0 Å². The minimum Gasteiger partial charge on any atom is -0.471 e. The van der Waals surface area contributed by atoms with E-state index in [2.05, 4.69) is 35.3 Å². The Morgan fingerprint density at radius 2 is 1.76 bits per heavy atom. The van der Waals surface area contributed by atoms with Gasteiger partial charge in [0.1, 0.15) is 29.4 Å². The number of carbonyl (C=O) groups excluding carboxylic acids is 4. The van der Waals surface area contributed by atoms with Crippen LogP contribution in [0.2, 0.25) is 0 Å². The molecular formula is C36H39F3N8O7S. The van der Waals surface area contributed by atoms with Gasteiger partial charge in [0.05, 0.1) is 34.7 Å². The monoisotopic (exact) mass is 784 g/mol. The Hall–Kier alpha value is -5.20. The molecule has 19 heteroatoms. The molecule has 3 fully saturated rings. The molecule has 2 saturated carbocycles. The summed E-state index contributed by atoms with van der Waals surface area (Å²) in [4.78, 5) is 72.9. The van der Waals surface area contributed by atoms with Crippen LogP contribution < -0.4 is 20.1 Å². The molecule has 55 heavy (non-hydrogen) atoms. The highest BCUT2D eigenvalue weighted by molar-refractivity contribution is 7.91. The molecular weight excluding hydrogens is 746 g/mol. The number of hydrogen-bond donors (Lipinski definition) is 3. The first-order chi connectivity index (χ1) is 26.1. The average molecular weight is 785 g/mol. The zero-order valence-corrected chi connectivity index (χ0v) is 30.5. The normalized spacial score (nSPS) is 26.2. The van der Waals surface area contributed by atoms with Crippen LogP contribution in [0.1, 0.15) is 79.7 Å². The quantitative estimate of drug-likeness (QED) is 0.298. The Labute approximate surface area is 314 Å². The van der Waals surface area contributed by atoms with Gasteiger partial charge in [-0.1, -0.05) is 37.1 Å². The van der Waals surface area contributed by atoms with E-state index in [1.807, 2.05) is 6.08 Å². The van der Waals surface area contributed by atoms with Crippen molar-refractivity contribution in [3.8, 4) is 5.88 Å². The van der Waals surface area contributed by atoms with Gasteiger partial charge in [-0.15, -0.1) is 0 Å². The Morgan fingerprint density at radius 3 is 2.45 bits per heavy atom. The van der Waals surface area contributed by atoms with E-state index < -0.39 is 92.8 Å². The number of hydrogen-bond acceptors (Lipinski definition) is 11. The summed E-state index contributed by atoms with van der Waals surface area (Å²) in [6.45, 7) is 1.30. The third-order valence-electron chi connectivity index (χ3n) is 10.2. The van der Waals surface area contributed by atoms with Crippen molar-refractivity contribution < 1.29 is 45.5 Å². The molecule has 292 valence electrons. The van der Waals surface area contributed by atoms with Crippen molar-refractivity contribution in [2.75, 3.05) is 6.54 Å². The number of amides is 4. The van der Waals surface area contributed by atoms with E-state index in [9.17, 15) is 40.8 Å². The number of allylic oxidation sites excluding steroid dienone is 1. The number of ether oxygens (including phenoxy) is 1. The smallest absolute Gasteiger partial charge is 0.438 e. The van der Waals surface area contributed by atoms with Crippen LogP contribution in [0.3, 0.4) is 0 Å². The first kappa shape index (κ1) is 38.1. The van der Waals surface area contributed by atoms with Gasteiger partial charge in [0.2, 0.25) is 33.4 Å². The Morgan fingerprint density at radius 1 is 1.02 bits per heavy atom. The number of aromatic nitrogens is 4. The molecule has 4 heterocycles. The molecule has 2 aliphatic heterocycles. The summed E-state index contributed by atoms with van der Waals surface area (Å²) in [5, 5.41) is 4.70. The Kier molecular flexibility index (Phi) is 10.2. The molecule has 1 saturated heterocycles. The van der Waals surface area contributed by atoms with E-state index >= 15 is 0 Å². The van der Waals surface area contributed by atoms with Gasteiger partial charge in [-0.3, -0.25) is 28.9 Å². The lowest BCUT2D eigenvalue weighted by Crippen LogP contribution is -2.58. The SMILES string of the molecule is Cc1cnc(C(=O)N[C@H]2CCCCCC=C[C@@H]3C[C@@]3(C(=O)NS(=O)(=O)C3CC3)NC(=O)[C@@H]3C[C@@H](Oc4nc5ccccc5nc4C(F)(F)F)CN3C2=O)cn1. The molecule has 7 rings (SSSR count). The van der Waals surface area contributed by atoms with Crippen LogP contribution in [-0.2, 0) is 30.6 Å². The Balaban J connectivity index is 1.22. The van der Waals surface area contributed by atoms with Crippen LogP contribution in [-0.4, -0.2) is 92.4 Å². The molecule has 2 aliphatic carbocycles. The zero-order chi connectivity index (χ0) is 39.1. The molecule has 4 aliphatic rings. The topological polar surface area (TPSA) is 203 Å².